The second-order valence-corrected chi connectivity index (χ2v) is 22.7. The molecule has 2 unspecified atom stereocenters. The van der Waals surface area contributed by atoms with E-state index in [-0.39, 0.29) is 38.6 Å². The first-order valence-electron chi connectivity index (χ1n) is 32.5. The van der Waals surface area contributed by atoms with Crippen LogP contribution in [0.4, 0.5) is 0 Å². The molecule has 0 radical (unpaired) electrons. The number of rotatable bonds is 59. The minimum atomic E-state index is -1.63. The highest BCUT2D eigenvalue weighted by molar-refractivity contribution is 5.70. The Labute approximate surface area is 492 Å². The molecule has 0 saturated heterocycles. The van der Waals surface area contributed by atoms with Crippen molar-refractivity contribution < 1.29 is 42.9 Å². The zero-order chi connectivity index (χ0) is 58.3. The SMILES string of the molecule is CC/C=C\C/C=C\C/C=C\C/C=C\C/C=C\C/C=C\C/C=C\C/C=C\CCCCCCCCCCCCCCCCCCC(=O)OC(COC(=O)CCCCCCC/C=C\CCCCCCC)COC(OCC[N+](C)(C)C)C(=O)[O-]. The molecular weight excluding hydrogens is 995 g/mol. The van der Waals surface area contributed by atoms with Crippen molar-refractivity contribution in [2.75, 3.05) is 47.5 Å². The molecule has 0 aliphatic carbocycles. The van der Waals surface area contributed by atoms with E-state index in [4.69, 9.17) is 18.9 Å². The van der Waals surface area contributed by atoms with Crippen LogP contribution in [0.25, 0.3) is 0 Å². The second kappa shape index (κ2) is 61.0. The first kappa shape index (κ1) is 76.0. The van der Waals surface area contributed by atoms with Gasteiger partial charge in [-0.3, -0.25) is 9.59 Å². The van der Waals surface area contributed by atoms with Crippen LogP contribution >= 0.6 is 0 Å². The van der Waals surface area contributed by atoms with Crippen LogP contribution in [0.2, 0.25) is 0 Å². The van der Waals surface area contributed by atoms with E-state index in [0.717, 1.165) is 109 Å². The number of likely N-dealkylation sites (N-methyl/N-ethyl adjacent to an activating group) is 1. The summed E-state index contributed by atoms with van der Waals surface area (Å²) in [5, 5.41) is 11.8. The van der Waals surface area contributed by atoms with Crippen LogP contribution in [-0.2, 0) is 33.3 Å². The first-order valence-corrected chi connectivity index (χ1v) is 32.5. The van der Waals surface area contributed by atoms with Gasteiger partial charge in [0.1, 0.15) is 13.2 Å². The fourth-order valence-electron chi connectivity index (χ4n) is 8.78. The lowest BCUT2D eigenvalue weighted by Gasteiger charge is -2.26. The molecule has 0 aromatic heterocycles. The summed E-state index contributed by atoms with van der Waals surface area (Å²) >= 11 is 0. The standard InChI is InChI=1S/C71H121NO8/c1-6-8-10-12-14-16-18-20-22-23-24-25-26-27-28-29-30-31-32-33-34-35-36-37-38-39-40-41-42-43-44-45-46-47-48-50-52-54-56-58-60-62-69(74)80-67(66-79-71(70(75)76)77-64-63-72(3,4)5)65-78-68(73)61-59-57-55-53-51-49-21-19-17-15-13-11-9-7-2/h8,10,14,16,19-22,24-25,27-28,30-31,33-34,36-37,67,71H,6-7,9,11-13,15,17-18,23,26,29,32,35,38-66H2,1-5H3/b10-8-,16-14-,21-19-,22-20-,25-24-,28-27-,31-30-,34-33-,37-36-. The van der Waals surface area contributed by atoms with Gasteiger partial charge in [-0.1, -0.05) is 258 Å². The van der Waals surface area contributed by atoms with Gasteiger partial charge in [0, 0.05) is 12.8 Å². The van der Waals surface area contributed by atoms with Gasteiger partial charge < -0.3 is 33.3 Å². The van der Waals surface area contributed by atoms with Gasteiger partial charge in [0.2, 0.25) is 0 Å². The molecule has 0 aromatic carbocycles. The molecule has 9 nitrogen and oxygen atoms in total. The van der Waals surface area contributed by atoms with Crippen LogP contribution < -0.4 is 5.11 Å². The highest BCUT2D eigenvalue weighted by Gasteiger charge is 2.22. The summed E-state index contributed by atoms with van der Waals surface area (Å²) < 4.78 is 22.7. The number of allylic oxidation sites excluding steroid dienone is 18. The van der Waals surface area contributed by atoms with Crippen LogP contribution in [0.15, 0.2) is 109 Å². The molecular formula is C71H121NO8. The van der Waals surface area contributed by atoms with Gasteiger partial charge in [0.15, 0.2) is 12.4 Å². The van der Waals surface area contributed by atoms with Crippen molar-refractivity contribution >= 4 is 17.9 Å². The Morgan fingerprint density at radius 2 is 0.713 bits per heavy atom. The molecule has 0 amide bonds. The van der Waals surface area contributed by atoms with Crippen molar-refractivity contribution in [2.24, 2.45) is 0 Å². The average molecular weight is 1120 g/mol. The number of carboxylic acid groups (broad SMARTS) is 1. The fourth-order valence-corrected chi connectivity index (χ4v) is 8.78. The molecule has 0 saturated carbocycles. The number of hydrogen-bond donors (Lipinski definition) is 0. The zero-order valence-electron chi connectivity index (χ0n) is 52.2. The van der Waals surface area contributed by atoms with Crippen molar-refractivity contribution in [1.29, 1.82) is 0 Å². The minimum Gasteiger partial charge on any atom is -0.545 e. The molecule has 0 heterocycles. The lowest BCUT2D eigenvalue weighted by atomic mass is 10.0. The Hall–Kier alpha value is -4.05. The van der Waals surface area contributed by atoms with E-state index in [1.807, 2.05) is 21.1 Å². The van der Waals surface area contributed by atoms with E-state index in [1.54, 1.807) is 0 Å². The average Bonchev–Trinajstić information content (AvgIpc) is 3.43. The normalized spacial score (nSPS) is 13.5. The number of nitrogens with zero attached hydrogens (tertiary/aromatic N) is 1. The topological polar surface area (TPSA) is 111 Å². The van der Waals surface area contributed by atoms with Gasteiger partial charge in [-0.15, -0.1) is 0 Å². The molecule has 458 valence electrons. The predicted octanol–water partition coefficient (Wildman–Crippen LogP) is 18.5. The maximum absolute atomic E-state index is 12.9. The lowest BCUT2D eigenvalue weighted by molar-refractivity contribution is -0.870. The van der Waals surface area contributed by atoms with E-state index in [1.165, 1.54) is 122 Å². The van der Waals surface area contributed by atoms with Gasteiger partial charge in [-0.25, -0.2) is 0 Å². The molecule has 0 rings (SSSR count). The summed E-state index contributed by atoms with van der Waals surface area (Å²) in [6.07, 6.45) is 81.7. The van der Waals surface area contributed by atoms with Crippen LogP contribution in [0, 0.1) is 0 Å². The summed E-state index contributed by atoms with van der Waals surface area (Å²) in [7, 11) is 5.92. The van der Waals surface area contributed by atoms with Crippen molar-refractivity contribution in [1.82, 2.24) is 0 Å². The molecule has 2 atom stereocenters. The number of carbonyl (C=O) groups excluding carboxylic acids is 3. The van der Waals surface area contributed by atoms with Crippen molar-refractivity contribution in [3.8, 4) is 0 Å². The molecule has 0 aliphatic rings. The van der Waals surface area contributed by atoms with Gasteiger partial charge in [0.05, 0.1) is 40.3 Å². The maximum Gasteiger partial charge on any atom is 0.306 e. The molecule has 9 heteroatoms. The van der Waals surface area contributed by atoms with Gasteiger partial charge in [-0.05, 0) is 103 Å². The third-order valence-electron chi connectivity index (χ3n) is 13.8. The molecule has 80 heavy (non-hydrogen) atoms. The van der Waals surface area contributed by atoms with E-state index in [0.29, 0.717) is 17.4 Å². The number of aliphatic carboxylic acids is 1. The first-order chi connectivity index (χ1) is 39.1. The zero-order valence-corrected chi connectivity index (χ0v) is 52.2. The van der Waals surface area contributed by atoms with E-state index in [9.17, 15) is 19.5 Å². The van der Waals surface area contributed by atoms with E-state index < -0.39 is 24.3 Å². The van der Waals surface area contributed by atoms with Crippen LogP contribution in [0.3, 0.4) is 0 Å². The summed E-state index contributed by atoms with van der Waals surface area (Å²) in [6, 6.07) is 0. The second-order valence-electron chi connectivity index (χ2n) is 22.7. The van der Waals surface area contributed by atoms with E-state index in [2.05, 4.69) is 123 Å². The van der Waals surface area contributed by atoms with Crippen LogP contribution in [0.1, 0.15) is 264 Å². The van der Waals surface area contributed by atoms with Crippen molar-refractivity contribution in [2.45, 2.75) is 277 Å². The minimum absolute atomic E-state index is 0.144. The monoisotopic (exact) mass is 1120 g/mol. The highest BCUT2D eigenvalue weighted by atomic mass is 16.7. The fraction of sp³-hybridized carbons (Fsp3) is 0.704. The predicted molar refractivity (Wildman–Crippen MR) is 338 cm³/mol. The summed E-state index contributed by atoms with van der Waals surface area (Å²) in [5.41, 5.74) is 0. The Morgan fingerprint density at radius 1 is 0.388 bits per heavy atom. The molecule has 0 N–H and O–H groups in total. The van der Waals surface area contributed by atoms with Gasteiger partial charge in [-0.2, -0.15) is 0 Å². The number of unbranched alkanes of at least 4 members (excludes halogenated alkanes) is 26. The number of carbonyl (C=O) groups is 3. The number of hydrogen-bond acceptors (Lipinski definition) is 8. The van der Waals surface area contributed by atoms with Gasteiger partial charge >= 0.3 is 11.9 Å². The Kier molecular flexibility index (Phi) is 57.9. The third kappa shape index (κ3) is 61.6. The largest absolute Gasteiger partial charge is 0.545 e. The number of ether oxygens (including phenoxy) is 4. The molecule has 0 spiro atoms. The number of esters is 2. The molecule has 0 aliphatic heterocycles. The van der Waals surface area contributed by atoms with E-state index >= 15 is 0 Å². The summed E-state index contributed by atoms with van der Waals surface area (Å²) in [5.74, 6) is -2.29. The van der Waals surface area contributed by atoms with Gasteiger partial charge in [0.25, 0.3) is 0 Å². The third-order valence-corrected chi connectivity index (χ3v) is 13.8. The highest BCUT2D eigenvalue weighted by Crippen LogP contribution is 2.16. The molecule has 0 fully saturated rings. The number of quaternary nitrogens is 1. The quantitative estimate of drug-likeness (QED) is 0.0195. The Morgan fingerprint density at radius 3 is 1.07 bits per heavy atom. The van der Waals surface area contributed by atoms with Crippen LogP contribution in [0.5, 0.6) is 0 Å². The Balaban J connectivity index is 4.03. The maximum atomic E-state index is 12.9. The van der Waals surface area contributed by atoms with Crippen molar-refractivity contribution in [3.05, 3.63) is 109 Å². The van der Waals surface area contributed by atoms with Crippen molar-refractivity contribution in [3.63, 3.8) is 0 Å². The lowest BCUT2D eigenvalue weighted by Crippen LogP contribution is -2.44. The summed E-state index contributed by atoms with van der Waals surface area (Å²) in [6.45, 7) is 4.62. The summed E-state index contributed by atoms with van der Waals surface area (Å²) in [4.78, 5) is 37.3. The van der Waals surface area contributed by atoms with Crippen LogP contribution in [-0.4, -0.2) is 82.3 Å². The smallest absolute Gasteiger partial charge is 0.306 e. The molecule has 0 bridgehead atoms. The molecule has 0 aromatic rings. The Bertz CT molecular complexity index is 1680. The number of carboxylic acids is 1.